The second-order valence-corrected chi connectivity index (χ2v) is 4.49. The van der Waals surface area contributed by atoms with Gasteiger partial charge in [-0.2, -0.15) is 0 Å². The molecule has 5 heteroatoms. The van der Waals surface area contributed by atoms with E-state index in [1.807, 2.05) is 24.3 Å². The molecule has 0 spiro atoms. The van der Waals surface area contributed by atoms with Crippen molar-refractivity contribution < 1.29 is 4.92 Å². The minimum absolute atomic E-state index is 0.0986. The number of hydrogen-bond acceptors (Lipinski definition) is 3. The molecule has 4 nitrogen and oxygen atoms in total. The fraction of sp³-hybridized carbons (Fsp3) is 0.0667. The lowest BCUT2D eigenvalue weighted by molar-refractivity contribution is -0.385. The summed E-state index contributed by atoms with van der Waals surface area (Å²) in [7, 11) is 0. The van der Waals surface area contributed by atoms with Crippen molar-refractivity contribution in [1.82, 2.24) is 0 Å². The minimum atomic E-state index is -0.388. The van der Waals surface area contributed by atoms with E-state index in [1.54, 1.807) is 30.3 Å². The average Bonchev–Trinajstić information content (AvgIpc) is 2.45. The summed E-state index contributed by atoms with van der Waals surface area (Å²) in [6, 6.07) is 14.0. The summed E-state index contributed by atoms with van der Waals surface area (Å²) in [4.78, 5) is 10.5. The molecule has 0 aromatic heterocycles. The number of rotatable bonds is 5. The summed E-state index contributed by atoms with van der Waals surface area (Å²) in [5.74, 6) is 0. The zero-order valence-electron chi connectivity index (χ0n) is 10.6. The van der Waals surface area contributed by atoms with Crippen LogP contribution in [0.2, 0.25) is 5.02 Å². The summed E-state index contributed by atoms with van der Waals surface area (Å²) in [6.07, 6.45) is 3.55. The normalized spacial score (nSPS) is 10.7. The highest BCUT2D eigenvalue weighted by Gasteiger charge is 2.08. The number of hydrogen-bond donors (Lipinski definition) is 1. The molecule has 0 saturated carbocycles. The number of nitrogens with one attached hydrogen (secondary N) is 1. The van der Waals surface area contributed by atoms with Crippen molar-refractivity contribution in [2.45, 2.75) is 0 Å². The summed E-state index contributed by atoms with van der Waals surface area (Å²) in [5.41, 5.74) is 1.52. The Morgan fingerprint density at radius 1 is 1.15 bits per heavy atom. The number of nitro groups is 1. The van der Waals surface area contributed by atoms with E-state index in [9.17, 15) is 10.1 Å². The van der Waals surface area contributed by atoms with Gasteiger partial charge in [-0.3, -0.25) is 10.1 Å². The number of halogens is 1. The number of para-hydroxylation sites is 2. The van der Waals surface area contributed by atoms with E-state index < -0.39 is 0 Å². The van der Waals surface area contributed by atoms with Crippen LogP contribution in [0.15, 0.2) is 54.6 Å². The second-order valence-electron chi connectivity index (χ2n) is 4.08. The van der Waals surface area contributed by atoms with Crippen molar-refractivity contribution in [1.29, 1.82) is 0 Å². The van der Waals surface area contributed by atoms with Crippen molar-refractivity contribution >= 4 is 29.1 Å². The Balaban J connectivity index is 2.01. The van der Waals surface area contributed by atoms with Crippen LogP contribution in [0.25, 0.3) is 6.08 Å². The third-order valence-electron chi connectivity index (χ3n) is 2.72. The molecule has 1 N–H and O–H groups in total. The van der Waals surface area contributed by atoms with Gasteiger partial charge in [-0.1, -0.05) is 48.0 Å². The molecule has 102 valence electrons. The van der Waals surface area contributed by atoms with Gasteiger partial charge in [0.15, 0.2) is 0 Å². The average molecular weight is 289 g/mol. The molecule has 0 aliphatic rings. The lowest BCUT2D eigenvalue weighted by Gasteiger charge is -2.04. The highest BCUT2D eigenvalue weighted by molar-refractivity contribution is 6.33. The maximum absolute atomic E-state index is 10.9. The Labute approximate surface area is 121 Å². The molecule has 0 bridgehead atoms. The van der Waals surface area contributed by atoms with Crippen LogP contribution in [0.5, 0.6) is 0 Å². The summed E-state index contributed by atoms with van der Waals surface area (Å²) in [5, 5.41) is 14.6. The van der Waals surface area contributed by atoms with Crippen LogP contribution < -0.4 is 5.32 Å². The largest absolute Gasteiger partial charge is 0.380 e. The van der Waals surface area contributed by atoms with Crippen LogP contribution in [0.4, 0.5) is 11.4 Å². The Kier molecular flexibility index (Phi) is 4.74. The third-order valence-corrected chi connectivity index (χ3v) is 3.04. The fourth-order valence-corrected chi connectivity index (χ4v) is 1.96. The number of anilines is 1. The molecule has 2 aromatic carbocycles. The van der Waals surface area contributed by atoms with Gasteiger partial charge in [-0.15, -0.1) is 0 Å². The third kappa shape index (κ3) is 3.59. The van der Waals surface area contributed by atoms with E-state index in [-0.39, 0.29) is 10.6 Å². The Hall–Kier alpha value is -2.33. The molecule has 2 rings (SSSR count). The summed E-state index contributed by atoms with van der Waals surface area (Å²) >= 11 is 6.01. The first-order valence-electron chi connectivity index (χ1n) is 6.07. The van der Waals surface area contributed by atoms with Crippen molar-refractivity contribution in [2.24, 2.45) is 0 Å². The van der Waals surface area contributed by atoms with Gasteiger partial charge in [0.25, 0.3) is 5.69 Å². The first kappa shape index (κ1) is 14.1. The van der Waals surface area contributed by atoms with Gasteiger partial charge in [0.05, 0.1) is 21.2 Å². The van der Waals surface area contributed by atoms with Crippen molar-refractivity contribution in [3.63, 3.8) is 0 Å². The van der Waals surface area contributed by atoms with E-state index in [2.05, 4.69) is 5.32 Å². The smallest absolute Gasteiger partial charge is 0.276 e. The lowest BCUT2D eigenvalue weighted by Crippen LogP contribution is -1.98. The maximum Gasteiger partial charge on any atom is 0.276 e. The van der Waals surface area contributed by atoms with Crippen LogP contribution in [0, 0.1) is 10.1 Å². The van der Waals surface area contributed by atoms with Gasteiger partial charge in [0, 0.05) is 12.6 Å². The molecular weight excluding hydrogens is 276 g/mol. The van der Waals surface area contributed by atoms with Crippen LogP contribution in [-0.4, -0.2) is 11.5 Å². The minimum Gasteiger partial charge on any atom is -0.380 e. The molecule has 0 atom stereocenters. The summed E-state index contributed by atoms with van der Waals surface area (Å²) in [6.45, 7) is 0.537. The predicted octanol–water partition coefficient (Wildman–Crippen LogP) is 4.37. The van der Waals surface area contributed by atoms with E-state index in [0.29, 0.717) is 17.1 Å². The van der Waals surface area contributed by atoms with E-state index in [0.717, 1.165) is 5.69 Å². The molecule has 0 radical (unpaired) electrons. The van der Waals surface area contributed by atoms with E-state index >= 15 is 0 Å². The molecule has 0 aliphatic carbocycles. The summed E-state index contributed by atoms with van der Waals surface area (Å²) < 4.78 is 0. The highest BCUT2D eigenvalue weighted by Crippen LogP contribution is 2.21. The quantitative estimate of drug-likeness (QED) is 0.656. The molecule has 0 saturated heterocycles. The van der Waals surface area contributed by atoms with Gasteiger partial charge in [0.2, 0.25) is 0 Å². The molecule has 0 aliphatic heterocycles. The first-order chi connectivity index (χ1) is 9.68. The Morgan fingerprint density at radius 2 is 1.85 bits per heavy atom. The highest BCUT2D eigenvalue weighted by atomic mass is 35.5. The van der Waals surface area contributed by atoms with Gasteiger partial charge in [-0.05, 0) is 18.2 Å². The molecule has 0 amide bonds. The monoisotopic (exact) mass is 288 g/mol. The molecule has 0 heterocycles. The molecule has 0 fully saturated rings. The fourth-order valence-electron chi connectivity index (χ4n) is 1.75. The zero-order valence-corrected chi connectivity index (χ0v) is 11.4. The Morgan fingerprint density at radius 3 is 2.60 bits per heavy atom. The first-order valence-corrected chi connectivity index (χ1v) is 6.44. The van der Waals surface area contributed by atoms with Crippen LogP contribution in [0.3, 0.4) is 0 Å². The van der Waals surface area contributed by atoms with Gasteiger partial charge >= 0.3 is 0 Å². The van der Waals surface area contributed by atoms with Crippen molar-refractivity contribution in [3.8, 4) is 0 Å². The van der Waals surface area contributed by atoms with Crippen LogP contribution in [-0.2, 0) is 0 Å². The second kappa shape index (κ2) is 6.73. The zero-order chi connectivity index (χ0) is 14.4. The standard InChI is InChI=1S/C15H13ClN2O2/c16-13-8-2-3-9-14(13)17-11-5-7-12-6-1-4-10-15(12)18(19)20/h1-10,17H,11H2. The van der Waals surface area contributed by atoms with Crippen molar-refractivity contribution in [2.75, 3.05) is 11.9 Å². The van der Waals surface area contributed by atoms with Crippen LogP contribution >= 0.6 is 11.6 Å². The predicted molar refractivity (Wildman–Crippen MR) is 82.1 cm³/mol. The van der Waals surface area contributed by atoms with E-state index in [4.69, 9.17) is 11.6 Å². The SMILES string of the molecule is O=[N+]([O-])c1ccccc1C=CCNc1ccccc1Cl. The maximum atomic E-state index is 10.9. The number of nitro benzene ring substituents is 1. The van der Waals surface area contributed by atoms with E-state index in [1.165, 1.54) is 6.07 Å². The molecule has 20 heavy (non-hydrogen) atoms. The number of benzene rings is 2. The Bertz CT molecular complexity index is 641. The van der Waals surface area contributed by atoms with Gasteiger partial charge in [0.1, 0.15) is 0 Å². The van der Waals surface area contributed by atoms with Crippen LogP contribution in [0.1, 0.15) is 5.56 Å². The van der Waals surface area contributed by atoms with Gasteiger partial charge < -0.3 is 5.32 Å². The molecule has 2 aromatic rings. The lowest BCUT2D eigenvalue weighted by atomic mass is 10.1. The van der Waals surface area contributed by atoms with Gasteiger partial charge in [-0.25, -0.2) is 0 Å². The van der Waals surface area contributed by atoms with Crippen molar-refractivity contribution in [3.05, 3.63) is 75.3 Å². The molecule has 0 unspecified atom stereocenters. The number of nitrogens with zero attached hydrogens (tertiary/aromatic N) is 1. The topological polar surface area (TPSA) is 55.2 Å². The molecular formula is C15H13ClN2O2.